The van der Waals surface area contributed by atoms with E-state index in [1.807, 2.05) is 35.6 Å². The molecule has 0 unspecified atom stereocenters. The molecule has 0 radical (unpaired) electrons. The van der Waals surface area contributed by atoms with Gasteiger partial charge in [-0.2, -0.15) is 5.26 Å². The third kappa shape index (κ3) is 2.60. The van der Waals surface area contributed by atoms with E-state index in [-0.39, 0.29) is 0 Å². The van der Waals surface area contributed by atoms with E-state index in [1.165, 1.54) is 46.1 Å². The molecule has 128 valence electrons. The highest BCUT2D eigenvalue weighted by atomic mass is 32.1. The summed E-state index contributed by atoms with van der Waals surface area (Å²) in [7, 11) is 0. The summed E-state index contributed by atoms with van der Waals surface area (Å²) in [5.41, 5.74) is 6.92. The molecule has 0 saturated heterocycles. The standard InChI is InChI=1S/C22H19N3S/c23-12-16-5-1-2-6-19(16)15-9-10-17-13-25(14-18(17)11-15)22-24-20-7-3-4-8-21(20)26-22/h1-2,5-6,9-11H,3-4,7-8,13-14H2. The molecule has 2 aliphatic rings. The molecule has 1 aromatic heterocycles. The molecule has 0 bridgehead atoms. The number of benzene rings is 2. The fourth-order valence-corrected chi connectivity index (χ4v) is 5.15. The van der Waals surface area contributed by atoms with Crippen LogP contribution in [0.2, 0.25) is 0 Å². The predicted octanol–water partition coefficient (Wildman–Crippen LogP) is 5.08. The highest BCUT2D eigenvalue weighted by Crippen LogP contribution is 2.37. The van der Waals surface area contributed by atoms with Crippen LogP contribution in [-0.4, -0.2) is 4.98 Å². The highest BCUT2D eigenvalue weighted by molar-refractivity contribution is 7.15. The minimum absolute atomic E-state index is 0.731. The van der Waals surface area contributed by atoms with Gasteiger partial charge < -0.3 is 4.90 Å². The van der Waals surface area contributed by atoms with Gasteiger partial charge in [0.25, 0.3) is 0 Å². The van der Waals surface area contributed by atoms with Crippen molar-refractivity contribution in [1.82, 2.24) is 4.98 Å². The first-order valence-electron chi connectivity index (χ1n) is 9.16. The van der Waals surface area contributed by atoms with Gasteiger partial charge >= 0.3 is 0 Å². The maximum atomic E-state index is 9.38. The second-order valence-corrected chi connectivity index (χ2v) is 8.13. The molecule has 1 aliphatic heterocycles. The fourth-order valence-electron chi connectivity index (χ4n) is 4.00. The Morgan fingerprint density at radius 2 is 1.85 bits per heavy atom. The Labute approximate surface area is 157 Å². The lowest BCUT2D eigenvalue weighted by atomic mass is 9.97. The monoisotopic (exact) mass is 357 g/mol. The molecule has 2 heterocycles. The van der Waals surface area contributed by atoms with Crippen LogP contribution in [0.1, 0.15) is 40.1 Å². The van der Waals surface area contributed by atoms with Crippen molar-refractivity contribution < 1.29 is 0 Å². The summed E-state index contributed by atoms with van der Waals surface area (Å²) in [6.07, 6.45) is 4.92. The maximum absolute atomic E-state index is 9.38. The van der Waals surface area contributed by atoms with Crippen molar-refractivity contribution in [2.24, 2.45) is 0 Å². The van der Waals surface area contributed by atoms with E-state index in [1.54, 1.807) is 0 Å². The Morgan fingerprint density at radius 3 is 2.73 bits per heavy atom. The van der Waals surface area contributed by atoms with Crippen LogP contribution in [0, 0.1) is 11.3 Å². The van der Waals surface area contributed by atoms with Gasteiger partial charge in [0.1, 0.15) is 0 Å². The summed E-state index contributed by atoms with van der Waals surface area (Å²) in [5.74, 6) is 0. The molecule has 0 saturated carbocycles. The third-order valence-corrected chi connectivity index (χ3v) is 6.61. The molecule has 0 fully saturated rings. The van der Waals surface area contributed by atoms with E-state index in [0.29, 0.717) is 0 Å². The molecule has 26 heavy (non-hydrogen) atoms. The molecule has 0 amide bonds. The molecular formula is C22H19N3S. The van der Waals surface area contributed by atoms with E-state index in [9.17, 15) is 5.26 Å². The second-order valence-electron chi connectivity index (χ2n) is 7.07. The van der Waals surface area contributed by atoms with Crippen molar-refractivity contribution in [3.63, 3.8) is 0 Å². The first-order valence-corrected chi connectivity index (χ1v) is 9.98. The minimum Gasteiger partial charge on any atom is -0.339 e. The molecule has 0 atom stereocenters. The van der Waals surface area contributed by atoms with E-state index in [0.717, 1.165) is 36.2 Å². The number of rotatable bonds is 2. The van der Waals surface area contributed by atoms with Crippen LogP contribution in [0.5, 0.6) is 0 Å². The lowest BCUT2D eigenvalue weighted by Crippen LogP contribution is -2.14. The second kappa shape index (κ2) is 6.26. The molecule has 3 nitrogen and oxygen atoms in total. The predicted molar refractivity (Wildman–Crippen MR) is 105 cm³/mol. The molecular weight excluding hydrogens is 338 g/mol. The average molecular weight is 357 g/mol. The molecule has 3 aromatic rings. The number of nitrogens with zero attached hydrogens (tertiary/aromatic N) is 3. The van der Waals surface area contributed by atoms with Gasteiger partial charge in [0.15, 0.2) is 5.13 Å². The topological polar surface area (TPSA) is 39.9 Å². The van der Waals surface area contributed by atoms with Gasteiger partial charge in [-0.05, 0) is 60.1 Å². The van der Waals surface area contributed by atoms with Crippen LogP contribution in [0.4, 0.5) is 5.13 Å². The zero-order valence-corrected chi connectivity index (χ0v) is 15.4. The quantitative estimate of drug-likeness (QED) is 0.642. The van der Waals surface area contributed by atoms with Gasteiger partial charge in [0.05, 0.1) is 17.3 Å². The smallest absolute Gasteiger partial charge is 0.186 e. The van der Waals surface area contributed by atoms with E-state index in [4.69, 9.17) is 4.98 Å². The molecule has 0 spiro atoms. The SMILES string of the molecule is N#Cc1ccccc1-c1ccc2c(c1)CN(c1nc3c(s1)CCCC3)C2. The van der Waals surface area contributed by atoms with Crippen molar-refractivity contribution in [3.05, 3.63) is 69.7 Å². The van der Waals surface area contributed by atoms with E-state index < -0.39 is 0 Å². The molecule has 0 N–H and O–H groups in total. The summed E-state index contributed by atoms with van der Waals surface area (Å²) in [6, 6.07) is 16.7. The number of thiazole rings is 1. The lowest BCUT2D eigenvalue weighted by Gasteiger charge is -2.12. The van der Waals surface area contributed by atoms with Gasteiger partial charge in [0.2, 0.25) is 0 Å². The number of anilines is 1. The number of fused-ring (bicyclic) bond motifs is 2. The Kier molecular flexibility index (Phi) is 3.76. The number of hydrogen-bond donors (Lipinski definition) is 0. The van der Waals surface area contributed by atoms with Crippen LogP contribution in [0.3, 0.4) is 0 Å². The minimum atomic E-state index is 0.731. The van der Waals surface area contributed by atoms with Crippen LogP contribution < -0.4 is 4.90 Å². The molecule has 2 aromatic carbocycles. The normalized spacial score (nSPS) is 15.4. The summed E-state index contributed by atoms with van der Waals surface area (Å²) in [4.78, 5) is 8.81. The number of nitriles is 1. The van der Waals surface area contributed by atoms with Gasteiger partial charge in [-0.1, -0.05) is 30.3 Å². The maximum Gasteiger partial charge on any atom is 0.186 e. The van der Waals surface area contributed by atoms with Crippen LogP contribution >= 0.6 is 11.3 Å². The molecule has 4 heteroatoms. The first kappa shape index (κ1) is 15.6. The van der Waals surface area contributed by atoms with E-state index in [2.05, 4.69) is 29.2 Å². The van der Waals surface area contributed by atoms with Gasteiger partial charge in [-0.15, -0.1) is 11.3 Å². The summed E-state index contributed by atoms with van der Waals surface area (Å²) in [6.45, 7) is 1.84. The first-order chi connectivity index (χ1) is 12.8. The third-order valence-electron chi connectivity index (χ3n) is 5.39. The fraction of sp³-hybridized carbons (Fsp3) is 0.273. The molecule has 1 aliphatic carbocycles. The van der Waals surface area contributed by atoms with Gasteiger partial charge in [-0.3, -0.25) is 0 Å². The lowest BCUT2D eigenvalue weighted by molar-refractivity contribution is 0.681. The van der Waals surface area contributed by atoms with Crippen LogP contribution in [-0.2, 0) is 25.9 Å². The number of aromatic nitrogens is 1. The zero-order valence-electron chi connectivity index (χ0n) is 14.5. The largest absolute Gasteiger partial charge is 0.339 e. The number of hydrogen-bond acceptors (Lipinski definition) is 4. The van der Waals surface area contributed by atoms with Crippen molar-refractivity contribution in [1.29, 1.82) is 5.26 Å². The molecule has 5 rings (SSSR count). The number of aryl methyl sites for hydroxylation is 2. The van der Waals surface area contributed by atoms with Crippen molar-refractivity contribution in [2.45, 2.75) is 38.8 Å². The van der Waals surface area contributed by atoms with Gasteiger partial charge in [-0.25, -0.2) is 4.98 Å². The zero-order chi connectivity index (χ0) is 17.5. The Bertz CT molecular complexity index is 1000. The Balaban J connectivity index is 1.45. The average Bonchev–Trinajstić information content (AvgIpc) is 3.31. The highest BCUT2D eigenvalue weighted by Gasteiger charge is 2.24. The summed E-state index contributed by atoms with van der Waals surface area (Å²) < 4.78 is 0. The van der Waals surface area contributed by atoms with Crippen LogP contribution in [0.25, 0.3) is 11.1 Å². The summed E-state index contributed by atoms with van der Waals surface area (Å²) in [5, 5.41) is 10.6. The van der Waals surface area contributed by atoms with Crippen molar-refractivity contribution in [2.75, 3.05) is 4.90 Å². The van der Waals surface area contributed by atoms with Crippen molar-refractivity contribution in [3.8, 4) is 17.2 Å². The van der Waals surface area contributed by atoms with Crippen molar-refractivity contribution >= 4 is 16.5 Å². The van der Waals surface area contributed by atoms with Crippen LogP contribution in [0.15, 0.2) is 42.5 Å². The Hall–Kier alpha value is -2.64. The summed E-state index contributed by atoms with van der Waals surface area (Å²) >= 11 is 1.88. The Morgan fingerprint density at radius 1 is 1.00 bits per heavy atom. The van der Waals surface area contributed by atoms with E-state index >= 15 is 0 Å². The van der Waals surface area contributed by atoms with Gasteiger partial charge in [0, 0.05) is 18.0 Å².